The van der Waals surface area contributed by atoms with Crippen LogP contribution in [0.15, 0.2) is 28.3 Å². The zero-order chi connectivity index (χ0) is 17.8. The number of hydrogen-bond acceptors (Lipinski definition) is 5. The van der Waals surface area contributed by atoms with E-state index < -0.39 is 22.4 Å². The normalized spacial score (nSPS) is 17.7. The van der Waals surface area contributed by atoms with Crippen LogP contribution in [0, 0.1) is 10.1 Å². The van der Waals surface area contributed by atoms with E-state index in [2.05, 4.69) is 10.2 Å². The lowest BCUT2D eigenvalue weighted by molar-refractivity contribution is -0.388. The molecule has 0 N–H and O–H groups in total. The van der Waals surface area contributed by atoms with Crippen LogP contribution < -0.4 is 0 Å². The molecule has 1 aromatic carbocycles. The minimum Gasteiger partial charge on any atom is -0.302 e. The summed E-state index contributed by atoms with van der Waals surface area (Å²) in [6.45, 7) is 0. The van der Waals surface area contributed by atoms with Crippen molar-refractivity contribution >= 4 is 17.4 Å². The second-order valence-electron chi connectivity index (χ2n) is 6.26. The molecule has 0 unspecified atom stereocenters. The third-order valence-electron chi connectivity index (χ3n) is 4.23. The van der Waals surface area contributed by atoms with Crippen LogP contribution in [-0.4, -0.2) is 19.7 Å². The standard InChI is InChI=1S/C15H13F3N4O2S/c16-15(17,18)9-3-6-12(11(7-9)22(23)24)25-14-20-19-13(8-1-2-8)21(14)10-4-5-10/h3,6-8,10H,1-2,4-5H2. The average Bonchev–Trinajstić information content (AvgIpc) is 3.46. The van der Waals surface area contributed by atoms with E-state index in [9.17, 15) is 23.3 Å². The number of rotatable bonds is 5. The summed E-state index contributed by atoms with van der Waals surface area (Å²) in [4.78, 5) is 10.6. The molecule has 2 aliphatic rings. The molecule has 132 valence electrons. The molecule has 2 fully saturated rings. The molecule has 2 aromatic rings. The van der Waals surface area contributed by atoms with Gasteiger partial charge in [0, 0.05) is 18.0 Å². The topological polar surface area (TPSA) is 73.8 Å². The van der Waals surface area contributed by atoms with Crippen LogP contribution in [-0.2, 0) is 6.18 Å². The van der Waals surface area contributed by atoms with Gasteiger partial charge >= 0.3 is 6.18 Å². The Labute approximate surface area is 144 Å². The van der Waals surface area contributed by atoms with E-state index in [1.807, 2.05) is 4.57 Å². The van der Waals surface area contributed by atoms with E-state index in [-0.39, 0.29) is 4.90 Å². The molecule has 0 amide bonds. The molecule has 0 spiro atoms. The maximum absolute atomic E-state index is 12.8. The fourth-order valence-corrected chi connectivity index (χ4v) is 3.67. The number of aromatic nitrogens is 3. The molecule has 1 aromatic heterocycles. The fraction of sp³-hybridized carbons (Fsp3) is 0.467. The summed E-state index contributed by atoms with van der Waals surface area (Å²) < 4.78 is 40.4. The molecule has 25 heavy (non-hydrogen) atoms. The van der Waals surface area contributed by atoms with Gasteiger partial charge in [-0.25, -0.2) is 0 Å². The Kier molecular flexibility index (Phi) is 3.75. The van der Waals surface area contributed by atoms with Gasteiger partial charge in [-0.05, 0) is 49.6 Å². The molecule has 1 heterocycles. The van der Waals surface area contributed by atoms with Gasteiger partial charge in [-0.3, -0.25) is 10.1 Å². The predicted molar refractivity (Wildman–Crippen MR) is 82.5 cm³/mol. The van der Waals surface area contributed by atoms with Gasteiger partial charge in [0.2, 0.25) is 0 Å². The van der Waals surface area contributed by atoms with Crippen molar-refractivity contribution in [1.82, 2.24) is 14.8 Å². The maximum Gasteiger partial charge on any atom is 0.416 e. The van der Waals surface area contributed by atoms with Gasteiger partial charge in [-0.15, -0.1) is 10.2 Å². The largest absolute Gasteiger partial charge is 0.416 e. The van der Waals surface area contributed by atoms with Crippen molar-refractivity contribution in [3.05, 3.63) is 39.7 Å². The first-order valence-electron chi connectivity index (χ1n) is 7.83. The highest BCUT2D eigenvalue weighted by molar-refractivity contribution is 7.99. The van der Waals surface area contributed by atoms with E-state index in [0.29, 0.717) is 23.2 Å². The van der Waals surface area contributed by atoms with E-state index in [1.165, 1.54) is 0 Å². The Morgan fingerprint density at radius 2 is 1.92 bits per heavy atom. The van der Waals surface area contributed by atoms with Crippen LogP contribution in [0.3, 0.4) is 0 Å². The first-order valence-corrected chi connectivity index (χ1v) is 8.64. The van der Waals surface area contributed by atoms with Crippen molar-refractivity contribution in [2.45, 2.75) is 53.9 Å². The third kappa shape index (κ3) is 3.22. The molecule has 0 aliphatic heterocycles. The zero-order valence-electron chi connectivity index (χ0n) is 12.9. The van der Waals surface area contributed by atoms with E-state index in [1.54, 1.807) is 0 Å². The van der Waals surface area contributed by atoms with Crippen LogP contribution in [0.5, 0.6) is 0 Å². The summed E-state index contributed by atoms with van der Waals surface area (Å²) in [6.07, 6.45) is -0.520. The molecule has 0 radical (unpaired) electrons. The summed E-state index contributed by atoms with van der Waals surface area (Å²) in [6, 6.07) is 2.85. The lowest BCUT2D eigenvalue weighted by Gasteiger charge is -2.10. The van der Waals surface area contributed by atoms with E-state index in [4.69, 9.17) is 0 Å². The Balaban J connectivity index is 1.70. The SMILES string of the molecule is O=[N+]([O-])c1cc(C(F)(F)F)ccc1Sc1nnc(C2CC2)n1C1CC1. The van der Waals surface area contributed by atoms with Gasteiger partial charge in [0.1, 0.15) is 5.82 Å². The number of nitro benzene ring substituents is 1. The molecule has 0 bridgehead atoms. The maximum atomic E-state index is 12.8. The number of hydrogen-bond donors (Lipinski definition) is 0. The monoisotopic (exact) mass is 370 g/mol. The number of nitro groups is 1. The number of halogens is 3. The molecule has 2 saturated carbocycles. The quantitative estimate of drug-likeness (QED) is 0.569. The zero-order valence-corrected chi connectivity index (χ0v) is 13.7. The third-order valence-corrected chi connectivity index (χ3v) is 5.26. The van der Waals surface area contributed by atoms with Crippen molar-refractivity contribution in [2.75, 3.05) is 0 Å². The summed E-state index contributed by atoms with van der Waals surface area (Å²) in [5.41, 5.74) is -1.61. The van der Waals surface area contributed by atoms with Gasteiger partial charge in [0.05, 0.1) is 15.4 Å². The van der Waals surface area contributed by atoms with Crippen molar-refractivity contribution in [2.24, 2.45) is 0 Å². The van der Waals surface area contributed by atoms with E-state index >= 15 is 0 Å². The van der Waals surface area contributed by atoms with Gasteiger partial charge in [-0.2, -0.15) is 13.2 Å². The minimum absolute atomic E-state index is 0.134. The number of benzene rings is 1. The highest BCUT2D eigenvalue weighted by Crippen LogP contribution is 2.47. The molecule has 2 aliphatic carbocycles. The summed E-state index contributed by atoms with van der Waals surface area (Å²) in [7, 11) is 0. The van der Waals surface area contributed by atoms with Crippen LogP contribution >= 0.6 is 11.8 Å². The Bertz CT molecular complexity index is 844. The number of nitrogens with zero attached hydrogens (tertiary/aromatic N) is 4. The van der Waals surface area contributed by atoms with Crippen molar-refractivity contribution in [3.63, 3.8) is 0 Å². The van der Waals surface area contributed by atoms with Crippen LogP contribution in [0.25, 0.3) is 0 Å². The molecular weight excluding hydrogens is 357 g/mol. The van der Waals surface area contributed by atoms with Crippen molar-refractivity contribution < 1.29 is 18.1 Å². The lowest BCUT2D eigenvalue weighted by Crippen LogP contribution is -2.06. The van der Waals surface area contributed by atoms with Crippen LogP contribution in [0.2, 0.25) is 0 Å². The Morgan fingerprint density at radius 1 is 1.20 bits per heavy atom. The number of alkyl halides is 3. The lowest BCUT2D eigenvalue weighted by atomic mass is 10.2. The summed E-state index contributed by atoms with van der Waals surface area (Å²) in [5.74, 6) is 1.27. The van der Waals surface area contributed by atoms with Crippen LogP contribution in [0.4, 0.5) is 18.9 Å². The Morgan fingerprint density at radius 3 is 2.48 bits per heavy atom. The molecule has 0 saturated heterocycles. The highest BCUT2D eigenvalue weighted by atomic mass is 32.2. The second-order valence-corrected chi connectivity index (χ2v) is 7.26. The van der Waals surface area contributed by atoms with Gasteiger partial charge in [0.15, 0.2) is 5.16 Å². The molecule has 6 nitrogen and oxygen atoms in total. The summed E-state index contributed by atoms with van der Waals surface area (Å²) >= 11 is 1.00. The fourth-order valence-electron chi connectivity index (χ4n) is 2.67. The van der Waals surface area contributed by atoms with Gasteiger partial charge in [0.25, 0.3) is 5.69 Å². The smallest absolute Gasteiger partial charge is 0.302 e. The van der Waals surface area contributed by atoms with Crippen molar-refractivity contribution in [3.8, 4) is 0 Å². The van der Waals surface area contributed by atoms with Gasteiger partial charge in [-0.1, -0.05) is 0 Å². The first kappa shape index (κ1) is 16.4. The van der Waals surface area contributed by atoms with Gasteiger partial charge < -0.3 is 4.57 Å². The predicted octanol–water partition coefficient (Wildman–Crippen LogP) is 4.57. The minimum atomic E-state index is -4.62. The summed E-state index contributed by atoms with van der Waals surface area (Å²) in [5, 5.41) is 20.1. The van der Waals surface area contributed by atoms with Crippen molar-refractivity contribution in [1.29, 1.82) is 0 Å². The molecule has 0 atom stereocenters. The second kappa shape index (κ2) is 5.72. The van der Waals surface area contributed by atoms with Crippen LogP contribution in [0.1, 0.15) is 49.0 Å². The molecule has 10 heteroatoms. The molecular formula is C15H13F3N4O2S. The first-order chi connectivity index (χ1) is 11.8. The highest BCUT2D eigenvalue weighted by Gasteiger charge is 2.37. The molecule has 4 rings (SSSR count). The Hall–Kier alpha value is -2.10. The van der Waals surface area contributed by atoms with E-state index in [0.717, 1.165) is 55.4 Å². The average molecular weight is 370 g/mol.